The molecular weight excluding hydrogens is 432 g/mol. The van der Waals surface area contributed by atoms with Crippen LogP contribution < -0.4 is 5.32 Å². The van der Waals surface area contributed by atoms with Crippen LogP contribution in [0.3, 0.4) is 0 Å². The number of benzene rings is 3. The molecule has 1 aliphatic carbocycles. The van der Waals surface area contributed by atoms with Crippen molar-refractivity contribution in [3.63, 3.8) is 0 Å². The highest BCUT2D eigenvalue weighted by Crippen LogP contribution is 2.21. The summed E-state index contributed by atoms with van der Waals surface area (Å²) in [7, 11) is 0. The number of hydrogen-bond donors (Lipinski definition) is 1. The SMILES string of the molecule is Cc1ccc(CN(C(=O)Cc2ccccc2C)[C@@H](Cc2ccccc2)C(=O)NC2CCCC2)cc1. The molecule has 182 valence electrons. The van der Waals surface area contributed by atoms with Gasteiger partial charge in [-0.2, -0.15) is 0 Å². The number of aryl methyl sites for hydroxylation is 2. The summed E-state index contributed by atoms with van der Waals surface area (Å²) in [5, 5.41) is 3.27. The zero-order valence-electron chi connectivity index (χ0n) is 20.9. The van der Waals surface area contributed by atoms with E-state index >= 15 is 0 Å². The standard InChI is InChI=1S/C31H36N2O2/c1-23-16-18-26(19-17-23)22-33(30(34)21-27-13-7-6-10-24(27)2)29(20-25-11-4-3-5-12-25)31(35)32-28-14-8-9-15-28/h3-7,10-13,16-19,28-29H,8-9,14-15,20-22H2,1-2H3,(H,32,35)/t29-/m0/s1. The molecule has 0 heterocycles. The van der Waals surface area contributed by atoms with Crippen LogP contribution in [0.4, 0.5) is 0 Å². The third-order valence-corrected chi connectivity index (χ3v) is 7.05. The molecule has 1 fully saturated rings. The van der Waals surface area contributed by atoms with Gasteiger partial charge in [-0.25, -0.2) is 0 Å². The Kier molecular flexibility index (Phi) is 8.36. The maximum atomic E-state index is 13.9. The predicted molar refractivity (Wildman–Crippen MR) is 141 cm³/mol. The van der Waals surface area contributed by atoms with Crippen LogP contribution >= 0.6 is 0 Å². The van der Waals surface area contributed by atoms with Gasteiger partial charge in [0.15, 0.2) is 0 Å². The summed E-state index contributed by atoms with van der Waals surface area (Å²) in [6.07, 6.45) is 5.09. The highest BCUT2D eigenvalue weighted by atomic mass is 16.2. The van der Waals surface area contributed by atoms with E-state index < -0.39 is 6.04 Å². The Morgan fingerprint density at radius 2 is 1.51 bits per heavy atom. The van der Waals surface area contributed by atoms with Crippen molar-refractivity contribution >= 4 is 11.8 Å². The zero-order valence-corrected chi connectivity index (χ0v) is 20.9. The van der Waals surface area contributed by atoms with Crippen molar-refractivity contribution < 1.29 is 9.59 Å². The summed E-state index contributed by atoms with van der Waals surface area (Å²) in [6.45, 7) is 4.49. The first-order valence-corrected chi connectivity index (χ1v) is 12.7. The quantitative estimate of drug-likeness (QED) is 0.448. The van der Waals surface area contributed by atoms with Crippen LogP contribution in [0.1, 0.15) is 53.5 Å². The first-order chi connectivity index (χ1) is 17.0. The zero-order chi connectivity index (χ0) is 24.6. The molecule has 4 heteroatoms. The van der Waals surface area contributed by atoms with Gasteiger partial charge in [-0.15, -0.1) is 0 Å². The Labute approximate surface area is 209 Å². The average Bonchev–Trinajstić information content (AvgIpc) is 3.37. The second kappa shape index (κ2) is 11.8. The van der Waals surface area contributed by atoms with E-state index in [1.165, 1.54) is 5.56 Å². The van der Waals surface area contributed by atoms with Gasteiger partial charge < -0.3 is 10.2 Å². The van der Waals surface area contributed by atoms with Gasteiger partial charge in [0.1, 0.15) is 6.04 Å². The smallest absolute Gasteiger partial charge is 0.243 e. The van der Waals surface area contributed by atoms with E-state index in [1.807, 2.05) is 61.5 Å². The number of hydrogen-bond acceptors (Lipinski definition) is 2. The van der Waals surface area contributed by atoms with Crippen LogP contribution in [0.25, 0.3) is 0 Å². The molecule has 3 aromatic carbocycles. The highest BCUT2D eigenvalue weighted by Gasteiger charge is 2.32. The van der Waals surface area contributed by atoms with Gasteiger partial charge >= 0.3 is 0 Å². The van der Waals surface area contributed by atoms with E-state index in [0.29, 0.717) is 13.0 Å². The summed E-state index contributed by atoms with van der Waals surface area (Å²) in [5.74, 6) is -0.0756. The van der Waals surface area contributed by atoms with Crippen LogP contribution in [0.2, 0.25) is 0 Å². The lowest BCUT2D eigenvalue weighted by Crippen LogP contribution is -2.52. The van der Waals surface area contributed by atoms with Gasteiger partial charge in [-0.3, -0.25) is 9.59 Å². The molecule has 4 rings (SSSR count). The fraction of sp³-hybridized carbons (Fsp3) is 0.355. The monoisotopic (exact) mass is 468 g/mol. The predicted octanol–water partition coefficient (Wildman–Crippen LogP) is 5.54. The number of amides is 2. The van der Waals surface area contributed by atoms with E-state index in [2.05, 4.69) is 36.5 Å². The van der Waals surface area contributed by atoms with Crippen molar-refractivity contribution in [2.45, 2.75) is 71.0 Å². The van der Waals surface area contributed by atoms with Crippen molar-refractivity contribution in [1.82, 2.24) is 10.2 Å². The van der Waals surface area contributed by atoms with Crippen molar-refractivity contribution in [1.29, 1.82) is 0 Å². The molecule has 0 spiro atoms. The Hall–Kier alpha value is -3.40. The van der Waals surface area contributed by atoms with E-state index in [1.54, 1.807) is 4.90 Å². The number of rotatable bonds is 9. The van der Waals surface area contributed by atoms with E-state index in [-0.39, 0.29) is 24.3 Å². The van der Waals surface area contributed by atoms with Crippen LogP contribution in [0.15, 0.2) is 78.9 Å². The lowest BCUT2D eigenvalue weighted by Gasteiger charge is -2.32. The topological polar surface area (TPSA) is 49.4 Å². The Bertz CT molecular complexity index is 1120. The first kappa shape index (κ1) is 24.7. The number of carbonyl (C=O) groups excluding carboxylic acids is 2. The summed E-state index contributed by atoms with van der Waals surface area (Å²) in [5.41, 5.74) is 5.34. The van der Waals surface area contributed by atoms with Crippen molar-refractivity contribution in [2.24, 2.45) is 0 Å². The molecule has 4 nitrogen and oxygen atoms in total. The maximum absolute atomic E-state index is 13.9. The molecule has 1 saturated carbocycles. The van der Waals surface area contributed by atoms with Gasteiger partial charge in [-0.05, 0) is 48.9 Å². The van der Waals surface area contributed by atoms with Crippen molar-refractivity contribution in [2.75, 3.05) is 0 Å². The van der Waals surface area contributed by atoms with E-state index in [0.717, 1.165) is 47.9 Å². The molecule has 2 amide bonds. The molecule has 0 aliphatic heterocycles. The first-order valence-electron chi connectivity index (χ1n) is 12.7. The minimum absolute atomic E-state index is 0.0256. The molecule has 1 aliphatic rings. The highest BCUT2D eigenvalue weighted by molar-refractivity contribution is 5.89. The largest absolute Gasteiger partial charge is 0.352 e. The second-order valence-electron chi connectivity index (χ2n) is 9.81. The Morgan fingerprint density at radius 3 is 2.20 bits per heavy atom. The maximum Gasteiger partial charge on any atom is 0.243 e. The molecule has 0 saturated heterocycles. The van der Waals surface area contributed by atoms with Crippen LogP contribution in [0, 0.1) is 13.8 Å². The Morgan fingerprint density at radius 1 is 0.857 bits per heavy atom. The number of nitrogens with one attached hydrogen (secondary N) is 1. The molecule has 0 aromatic heterocycles. The van der Waals surface area contributed by atoms with Gasteiger partial charge in [-0.1, -0.05) is 97.3 Å². The third kappa shape index (κ3) is 6.82. The molecule has 1 atom stereocenters. The van der Waals surface area contributed by atoms with E-state index in [4.69, 9.17) is 0 Å². The minimum Gasteiger partial charge on any atom is -0.352 e. The summed E-state index contributed by atoms with van der Waals surface area (Å²) >= 11 is 0. The number of carbonyl (C=O) groups is 2. The lowest BCUT2D eigenvalue weighted by atomic mass is 10.00. The van der Waals surface area contributed by atoms with Gasteiger partial charge in [0, 0.05) is 19.0 Å². The van der Waals surface area contributed by atoms with E-state index in [9.17, 15) is 9.59 Å². The fourth-order valence-corrected chi connectivity index (χ4v) is 4.88. The Balaban J connectivity index is 1.66. The molecule has 0 bridgehead atoms. The molecular formula is C31H36N2O2. The summed E-state index contributed by atoms with van der Waals surface area (Å²) in [6, 6.07) is 25.9. The third-order valence-electron chi connectivity index (χ3n) is 7.05. The van der Waals surface area contributed by atoms with Crippen LogP contribution in [-0.4, -0.2) is 28.8 Å². The average molecular weight is 469 g/mol. The van der Waals surface area contributed by atoms with Crippen molar-refractivity contribution in [3.8, 4) is 0 Å². The second-order valence-corrected chi connectivity index (χ2v) is 9.81. The molecule has 35 heavy (non-hydrogen) atoms. The summed E-state index contributed by atoms with van der Waals surface area (Å²) in [4.78, 5) is 29.4. The minimum atomic E-state index is -0.573. The van der Waals surface area contributed by atoms with Gasteiger partial charge in [0.05, 0.1) is 6.42 Å². The fourth-order valence-electron chi connectivity index (χ4n) is 4.88. The number of nitrogens with zero attached hydrogens (tertiary/aromatic N) is 1. The van der Waals surface area contributed by atoms with Crippen LogP contribution in [0.5, 0.6) is 0 Å². The molecule has 3 aromatic rings. The summed E-state index contributed by atoms with van der Waals surface area (Å²) < 4.78 is 0. The normalized spacial score (nSPS) is 14.5. The van der Waals surface area contributed by atoms with Gasteiger partial charge in [0.25, 0.3) is 0 Å². The van der Waals surface area contributed by atoms with Crippen molar-refractivity contribution in [3.05, 3.63) is 107 Å². The molecule has 0 unspecified atom stereocenters. The lowest BCUT2D eigenvalue weighted by molar-refractivity contribution is -0.141. The molecule has 1 N–H and O–H groups in total. The van der Waals surface area contributed by atoms with Crippen LogP contribution in [-0.2, 0) is 29.0 Å². The molecule has 0 radical (unpaired) electrons. The van der Waals surface area contributed by atoms with Gasteiger partial charge in [0.2, 0.25) is 11.8 Å².